The van der Waals surface area contributed by atoms with Crippen LogP contribution in [0.3, 0.4) is 0 Å². The Labute approximate surface area is 136 Å². The van der Waals surface area contributed by atoms with E-state index in [1.807, 2.05) is 12.1 Å². The molecule has 3 rings (SSSR count). The highest BCUT2D eigenvalue weighted by molar-refractivity contribution is 6.30. The SMILES string of the molecule is CC[C@@H](C)Nc1cc(N2CCc3cc(Cl)ccc3C2)ncn1. The van der Waals surface area contributed by atoms with Crippen LogP contribution in [0.4, 0.5) is 11.6 Å². The van der Waals surface area contributed by atoms with Crippen molar-refractivity contribution in [2.75, 3.05) is 16.8 Å². The molecule has 1 N–H and O–H groups in total. The monoisotopic (exact) mass is 316 g/mol. The lowest BCUT2D eigenvalue weighted by molar-refractivity contribution is 0.717. The molecule has 1 aliphatic rings. The van der Waals surface area contributed by atoms with Crippen molar-refractivity contribution in [2.24, 2.45) is 0 Å². The largest absolute Gasteiger partial charge is 0.367 e. The summed E-state index contributed by atoms with van der Waals surface area (Å²) in [6, 6.07) is 8.59. The van der Waals surface area contributed by atoms with Crippen LogP contribution in [-0.4, -0.2) is 22.6 Å². The topological polar surface area (TPSA) is 41.0 Å². The summed E-state index contributed by atoms with van der Waals surface area (Å²) in [5.41, 5.74) is 2.67. The third-order valence-corrected chi connectivity index (χ3v) is 4.40. The van der Waals surface area contributed by atoms with Gasteiger partial charge < -0.3 is 10.2 Å². The number of hydrogen-bond donors (Lipinski definition) is 1. The second kappa shape index (κ2) is 6.53. The van der Waals surface area contributed by atoms with E-state index in [2.05, 4.69) is 46.2 Å². The lowest BCUT2D eigenvalue weighted by atomic mass is 10.00. The van der Waals surface area contributed by atoms with E-state index in [-0.39, 0.29) is 0 Å². The molecular formula is C17H21ClN4. The van der Waals surface area contributed by atoms with E-state index in [4.69, 9.17) is 11.6 Å². The Balaban J connectivity index is 1.78. The van der Waals surface area contributed by atoms with Crippen LogP contribution in [0.15, 0.2) is 30.6 Å². The molecule has 0 bridgehead atoms. The summed E-state index contributed by atoms with van der Waals surface area (Å²) in [6.45, 7) is 6.13. The van der Waals surface area contributed by atoms with Crippen molar-refractivity contribution in [3.05, 3.63) is 46.7 Å². The quantitative estimate of drug-likeness (QED) is 0.928. The molecule has 0 unspecified atom stereocenters. The number of aromatic nitrogens is 2. The van der Waals surface area contributed by atoms with Gasteiger partial charge >= 0.3 is 0 Å². The minimum absolute atomic E-state index is 0.409. The number of fused-ring (bicyclic) bond motifs is 1. The predicted octanol–water partition coefficient (Wildman–Crippen LogP) is 3.90. The molecule has 0 amide bonds. The van der Waals surface area contributed by atoms with Gasteiger partial charge in [0, 0.05) is 30.2 Å². The molecule has 0 aliphatic carbocycles. The summed E-state index contributed by atoms with van der Waals surface area (Å²) in [7, 11) is 0. The van der Waals surface area contributed by atoms with Crippen molar-refractivity contribution in [3.63, 3.8) is 0 Å². The van der Waals surface area contributed by atoms with Crippen LogP contribution in [0.1, 0.15) is 31.4 Å². The minimum atomic E-state index is 0.409. The average Bonchev–Trinajstić information content (AvgIpc) is 2.54. The molecule has 1 atom stereocenters. The van der Waals surface area contributed by atoms with Gasteiger partial charge in [0.15, 0.2) is 0 Å². The van der Waals surface area contributed by atoms with Crippen molar-refractivity contribution in [2.45, 2.75) is 39.3 Å². The number of anilines is 2. The molecule has 0 fully saturated rings. The Morgan fingerprint density at radius 2 is 2.14 bits per heavy atom. The van der Waals surface area contributed by atoms with Crippen molar-refractivity contribution in [1.29, 1.82) is 0 Å². The zero-order chi connectivity index (χ0) is 15.5. The first kappa shape index (κ1) is 15.1. The maximum Gasteiger partial charge on any atom is 0.134 e. The van der Waals surface area contributed by atoms with Gasteiger partial charge in [0.25, 0.3) is 0 Å². The fourth-order valence-corrected chi connectivity index (χ4v) is 2.87. The fourth-order valence-electron chi connectivity index (χ4n) is 2.67. The smallest absolute Gasteiger partial charge is 0.134 e. The zero-order valence-corrected chi connectivity index (χ0v) is 13.8. The van der Waals surface area contributed by atoms with E-state index < -0.39 is 0 Å². The van der Waals surface area contributed by atoms with E-state index in [0.29, 0.717) is 6.04 Å². The summed E-state index contributed by atoms with van der Waals surface area (Å²) >= 11 is 6.07. The van der Waals surface area contributed by atoms with Crippen molar-refractivity contribution >= 4 is 23.2 Å². The van der Waals surface area contributed by atoms with Crippen molar-refractivity contribution < 1.29 is 0 Å². The van der Waals surface area contributed by atoms with Gasteiger partial charge in [0.2, 0.25) is 0 Å². The van der Waals surface area contributed by atoms with Crippen LogP contribution < -0.4 is 10.2 Å². The molecule has 0 spiro atoms. The lowest BCUT2D eigenvalue weighted by Crippen LogP contribution is -2.31. The molecule has 0 saturated carbocycles. The predicted molar refractivity (Wildman–Crippen MR) is 91.6 cm³/mol. The van der Waals surface area contributed by atoms with Crippen LogP contribution in [0, 0.1) is 0 Å². The molecule has 22 heavy (non-hydrogen) atoms. The van der Waals surface area contributed by atoms with Crippen LogP contribution in [-0.2, 0) is 13.0 Å². The second-order valence-electron chi connectivity index (χ2n) is 5.80. The third-order valence-electron chi connectivity index (χ3n) is 4.16. The van der Waals surface area contributed by atoms with Crippen LogP contribution in [0.2, 0.25) is 5.02 Å². The average molecular weight is 317 g/mol. The molecule has 4 nitrogen and oxygen atoms in total. The minimum Gasteiger partial charge on any atom is -0.367 e. The molecular weight excluding hydrogens is 296 g/mol. The zero-order valence-electron chi connectivity index (χ0n) is 13.0. The highest BCUT2D eigenvalue weighted by atomic mass is 35.5. The molecule has 1 aromatic heterocycles. The Hall–Kier alpha value is -1.81. The normalized spacial score (nSPS) is 15.3. The van der Waals surface area contributed by atoms with E-state index in [9.17, 15) is 0 Å². The van der Waals surface area contributed by atoms with Gasteiger partial charge in [-0.3, -0.25) is 0 Å². The van der Waals surface area contributed by atoms with Gasteiger partial charge in [-0.2, -0.15) is 0 Å². The van der Waals surface area contributed by atoms with E-state index >= 15 is 0 Å². The summed E-state index contributed by atoms with van der Waals surface area (Å²) in [5.74, 6) is 1.86. The van der Waals surface area contributed by atoms with Crippen molar-refractivity contribution in [3.8, 4) is 0 Å². The Morgan fingerprint density at radius 1 is 1.27 bits per heavy atom. The number of rotatable bonds is 4. The molecule has 1 aromatic carbocycles. The van der Waals surface area contributed by atoms with Gasteiger partial charge in [-0.05, 0) is 43.0 Å². The summed E-state index contributed by atoms with van der Waals surface area (Å²) in [4.78, 5) is 11.0. The first-order valence-corrected chi connectivity index (χ1v) is 8.14. The third kappa shape index (κ3) is 3.33. The van der Waals surface area contributed by atoms with E-state index in [0.717, 1.165) is 42.6 Å². The Bertz CT molecular complexity index is 659. The number of hydrogen-bond acceptors (Lipinski definition) is 4. The van der Waals surface area contributed by atoms with Crippen molar-refractivity contribution in [1.82, 2.24) is 9.97 Å². The summed E-state index contributed by atoms with van der Waals surface area (Å²) < 4.78 is 0. The highest BCUT2D eigenvalue weighted by Crippen LogP contribution is 2.26. The molecule has 116 valence electrons. The number of halogens is 1. The van der Waals surface area contributed by atoms with Gasteiger partial charge in [-0.1, -0.05) is 24.6 Å². The fraction of sp³-hybridized carbons (Fsp3) is 0.412. The van der Waals surface area contributed by atoms with E-state index in [1.54, 1.807) is 6.33 Å². The summed E-state index contributed by atoms with van der Waals surface area (Å²) in [5, 5.41) is 4.22. The molecule has 2 aromatic rings. The van der Waals surface area contributed by atoms with Gasteiger partial charge in [-0.25, -0.2) is 9.97 Å². The first-order chi connectivity index (χ1) is 10.7. The number of nitrogens with zero attached hydrogens (tertiary/aromatic N) is 3. The van der Waals surface area contributed by atoms with Gasteiger partial charge in [-0.15, -0.1) is 0 Å². The highest BCUT2D eigenvalue weighted by Gasteiger charge is 2.18. The molecule has 0 radical (unpaired) electrons. The van der Waals surface area contributed by atoms with Crippen LogP contribution in [0.5, 0.6) is 0 Å². The second-order valence-corrected chi connectivity index (χ2v) is 6.24. The number of benzene rings is 1. The molecule has 0 saturated heterocycles. The van der Waals surface area contributed by atoms with Crippen LogP contribution >= 0.6 is 11.6 Å². The van der Waals surface area contributed by atoms with Gasteiger partial charge in [0.1, 0.15) is 18.0 Å². The summed E-state index contributed by atoms with van der Waals surface area (Å²) in [6.07, 6.45) is 3.70. The van der Waals surface area contributed by atoms with Gasteiger partial charge in [0.05, 0.1) is 0 Å². The first-order valence-electron chi connectivity index (χ1n) is 7.76. The van der Waals surface area contributed by atoms with E-state index in [1.165, 1.54) is 11.1 Å². The van der Waals surface area contributed by atoms with Crippen LogP contribution in [0.25, 0.3) is 0 Å². The molecule has 2 heterocycles. The standard InChI is InChI=1S/C17H21ClN4/c1-3-12(2)21-16-9-17(20-11-19-16)22-7-6-13-8-15(18)5-4-14(13)10-22/h4-5,8-9,11-12H,3,6-7,10H2,1-2H3,(H,19,20,21)/t12-/m1/s1. The maximum absolute atomic E-state index is 6.07. The maximum atomic E-state index is 6.07. The Morgan fingerprint density at radius 3 is 2.95 bits per heavy atom. The molecule has 1 aliphatic heterocycles. The lowest BCUT2D eigenvalue weighted by Gasteiger charge is -2.30. The molecule has 5 heteroatoms. The Kier molecular flexibility index (Phi) is 4.48. The number of nitrogens with one attached hydrogen (secondary N) is 1.